The van der Waals surface area contributed by atoms with Crippen molar-refractivity contribution < 1.29 is 19.1 Å². The molecule has 0 bridgehead atoms. The molecule has 0 radical (unpaired) electrons. The Morgan fingerprint density at radius 1 is 1.15 bits per heavy atom. The van der Waals surface area contributed by atoms with Gasteiger partial charge < -0.3 is 14.8 Å². The number of esters is 1. The van der Waals surface area contributed by atoms with Crippen molar-refractivity contribution in [2.24, 2.45) is 5.41 Å². The molecular weight excluding hydrogens is 326 g/mol. The molecule has 0 heterocycles. The topological polar surface area (TPSA) is 64.6 Å². The van der Waals surface area contributed by atoms with Crippen molar-refractivity contribution in [3.8, 4) is 0 Å². The Kier molecular flexibility index (Phi) is 6.74. The van der Waals surface area contributed by atoms with Gasteiger partial charge in [-0.25, -0.2) is 9.59 Å². The van der Waals surface area contributed by atoms with Crippen LogP contribution in [0.3, 0.4) is 0 Å². The number of hydrogen-bond donors (Lipinski definition) is 1. The first-order valence-electron chi connectivity index (χ1n) is 6.32. The average molecular weight is 350 g/mol. The molecule has 0 spiro atoms. The molecule has 0 aliphatic rings. The SMILES string of the molecule is COC(=O)/C(Br)=C\C(NC(=O)OC(C)(C)C)C(C)(C)C. The Hall–Kier alpha value is -1.04. The summed E-state index contributed by atoms with van der Waals surface area (Å²) in [7, 11) is 1.30. The molecule has 116 valence electrons. The van der Waals surface area contributed by atoms with E-state index in [1.54, 1.807) is 26.8 Å². The third-order valence-electron chi connectivity index (χ3n) is 2.30. The Morgan fingerprint density at radius 2 is 1.65 bits per heavy atom. The largest absolute Gasteiger partial charge is 0.465 e. The van der Waals surface area contributed by atoms with E-state index in [0.717, 1.165) is 0 Å². The fraction of sp³-hybridized carbons (Fsp3) is 0.714. The van der Waals surface area contributed by atoms with Crippen LogP contribution in [-0.2, 0) is 14.3 Å². The van der Waals surface area contributed by atoms with Gasteiger partial charge in [0.25, 0.3) is 0 Å². The van der Waals surface area contributed by atoms with Gasteiger partial charge in [0.15, 0.2) is 0 Å². The Balaban J connectivity index is 5.03. The highest BCUT2D eigenvalue weighted by Gasteiger charge is 2.28. The van der Waals surface area contributed by atoms with Crippen LogP contribution < -0.4 is 5.32 Å². The van der Waals surface area contributed by atoms with Crippen LogP contribution in [0.2, 0.25) is 0 Å². The number of rotatable bonds is 3. The van der Waals surface area contributed by atoms with Gasteiger partial charge in [0.05, 0.1) is 13.2 Å². The summed E-state index contributed by atoms with van der Waals surface area (Å²) in [4.78, 5) is 23.3. The second kappa shape index (κ2) is 7.11. The van der Waals surface area contributed by atoms with E-state index in [9.17, 15) is 9.59 Å². The second-order valence-electron chi connectivity index (χ2n) is 6.50. The molecule has 5 nitrogen and oxygen atoms in total. The van der Waals surface area contributed by atoms with E-state index in [2.05, 4.69) is 26.0 Å². The smallest absolute Gasteiger partial charge is 0.408 e. The molecule has 0 fully saturated rings. The minimum absolute atomic E-state index is 0.260. The first-order chi connectivity index (χ1) is 8.86. The lowest BCUT2D eigenvalue weighted by Crippen LogP contribution is -2.44. The van der Waals surface area contributed by atoms with Crippen LogP contribution in [0.1, 0.15) is 41.5 Å². The molecule has 20 heavy (non-hydrogen) atoms. The molecule has 0 aliphatic heterocycles. The van der Waals surface area contributed by atoms with Crippen LogP contribution in [-0.4, -0.2) is 30.8 Å². The molecule has 0 saturated heterocycles. The summed E-state index contributed by atoms with van der Waals surface area (Å²) in [6.45, 7) is 11.2. The van der Waals surface area contributed by atoms with E-state index in [1.165, 1.54) is 7.11 Å². The van der Waals surface area contributed by atoms with Crippen LogP contribution >= 0.6 is 15.9 Å². The average Bonchev–Trinajstić information content (AvgIpc) is 2.22. The summed E-state index contributed by atoms with van der Waals surface area (Å²) < 4.78 is 10.1. The predicted octanol–water partition coefficient (Wildman–Crippen LogP) is 3.38. The van der Waals surface area contributed by atoms with Crippen LogP contribution in [0.5, 0.6) is 0 Å². The van der Waals surface area contributed by atoms with Gasteiger partial charge in [0.1, 0.15) is 10.1 Å². The van der Waals surface area contributed by atoms with Gasteiger partial charge in [0.2, 0.25) is 0 Å². The van der Waals surface area contributed by atoms with Crippen molar-refractivity contribution >= 4 is 28.0 Å². The molecule has 0 aliphatic carbocycles. The Morgan fingerprint density at radius 3 is 2.00 bits per heavy atom. The van der Waals surface area contributed by atoms with Crippen molar-refractivity contribution in [1.82, 2.24) is 5.32 Å². The molecule has 6 heteroatoms. The lowest BCUT2D eigenvalue weighted by atomic mass is 9.86. The summed E-state index contributed by atoms with van der Waals surface area (Å²) in [6, 6.07) is -0.383. The summed E-state index contributed by atoms with van der Waals surface area (Å²) in [5, 5.41) is 2.75. The van der Waals surface area contributed by atoms with Crippen LogP contribution in [0.15, 0.2) is 10.6 Å². The maximum Gasteiger partial charge on any atom is 0.408 e. The summed E-state index contributed by atoms with van der Waals surface area (Å²) in [5.74, 6) is -0.495. The lowest BCUT2D eigenvalue weighted by Gasteiger charge is -2.30. The maximum absolute atomic E-state index is 11.8. The maximum atomic E-state index is 11.8. The molecular formula is C14H24BrNO4. The molecule has 1 unspecified atom stereocenters. The van der Waals surface area contributed by atoms with Crippen LogP contribution in [0.25, 0.3) is 0 Å². The minimum atomic E-state index is -0.574. The quantitative estimate of drug-likeness (QED) is 0.626. The number of hydrogen-bond acceptors (Lipinski definition) is 4. The van der Waals surface area contributed by atoms with E-state index in [4.69, 9.17) is 4.74 Å². The zero-order chi connectivity index (χ0) is 16.1. The number of carbonyl (C=O) groups excluding carboxylic acids is 2. The summed E-state index contributed by atoms with van der Waals surface area (Å²) in [6.07, 6.45) is 1.08. The molecule has 0 saturated carbocycles. The lowest BCUT2D eigenvalue weighted by molar-refractivity contribution is -0.135. The normalized spacial score (nSPS) is 14.5. The number of methoxy groups -OCH3 is 1. The van der Waals surface area contributed by atoms with Gasteiger partial charge in [-0.3, -0.25) is 0 Å². The number of amides is 1. The van der Waals surface area contributed by atoms with Crippen molar-refractivity contribution in [3.05, 3.63) is 10.6 Å². The molecule has 0 aromatic heterocycles. The standard InChI is InChI=1S/C14H24BrNO4/c1-13(2,3)10(8-9(15)11(17)19-7)16-12(18)20-14(4,5)6/h8,10H,1-7H3,(H,16,18)/b9-8+. The summed E-state index contributed by atoms with van der Waals surface area (Å²) in [5.41, 5.74) is -0.861. The zero-order valence-electron chi connectivity index (χ0n) is 13.2. The third-order valence-corrected chi connectivity index (χ3v) is 2.89. The molecule has 0 aromatic rings. The number of ether oxygens (including phenoxy) is 2. The first-order valence-corrected chi connectivity index (χ1v) is 7.11. The number of halogens is 1. The van der Waals surface area contributed by atoms with Crippen LogP contribution in [0.4, 0.5) is 4.79 Å². The van der Waals surface area contributed by atoms with Gasteiger partial charge in [-0.2, -0.15) is 0 Å². The van der Waals surface area contributed by atoms with Crippen molar-refractivity contribution in [3.63, 3.8) is 0 Å². The number of nitrogens with one attached hydrogen (secondary N) is 1. The third kappa shape index (κ3) is 7.53. The Labute approximate surface area is 129 Å². The fourth-order valence-corrected chi connectivity index (χ4v) is 1.68. The predicted molar refractivity (Wildman–Crippen MR) is 81.6 cm³/mol. The Bertz CT molecular complexity index is 391. The minimum Gasteiger partial charge on any atom is -0.465 e. The van der Waals surface area contributed by atoms with Crippen molar-refractivity contribution in [1.29, 1.82) is 0 Å². The first kappa shape index (κ1) is 19.0. The summed E-state index contributed by atoms with van der Waals surface area (Å²) >= 11 is 3.14. The van der Waals surface area contributed by atoms with Crippen molar-refractivity contribution in [2.45, 2.75) is 53.2 Å². The van der Waals surface area contributed by atoms with Gasteiger partial charge in [-0.1, -0.05) is 20.8 Å². The van der Waals surface area contributed by atoms with Gasteiger partial charge in [-0.15, -0.1) is 0 Å². The van der Waals surface area contributed by atoms with E-state index in [1.807, 2.05) is 20.8 Å². The second-order valence-corrected chi connectivity index (χ2v) is 7.35. The monoisotopic (exact) mass is 349 g/mol. The molecule has 0 aromatic carbocycles. The number of alkyl carbamates (subject to hydrolysis) is 1. The van der Waals surface area contributed by atoms with E-state index in [0.29, 0.717) is 0 Å². The molecule has 1 amide bonds. The van der Waals surface area contributed by atoms with E-state index >= 15 is 0 Å². The van der Waals surface area contributed by atoms with Crippen LogP contribution in [0, 0.1) is 5.41 Å². The van der Waals surface area contributed by atoms with Gasteiger partial charge in [-0.05, 0) is 48.2 Å². The molecule has 1 atom stereocenters. The molecule has 1 N–H and O–H groups in total. The van der Waals surface area contributed by atoms with Crippen molar-refractivity contribution in [2.75, 3.05) is 7.11 Å². The zero-order valence-corrected chi connectivity index (χ0v) is 14.8. The fourth-order valence-electron chi connectivity index (χ4n) is 1.25. The van der Waals surface area contributed by atoms with Gasteiger partial charge in [0, 0.05) is 0 Å². The highest BCUT2D eigenvalue weighted by molar-refractivity contribution is 9.12. The highest BCUT2D eigenvalue weighted by atomic mass is 79.9. The van der Waals surface area contributed by atoms with E-state index < -0.39 is 17.7 Å². The van der Waals surface area contributed by atoms with Gasteiger partial charge >= 0.3 is 12.1 Å². The number of carbonyl (C=O) groups is 2. The van der Waals surface area contributed by atoms with E-state index in [-0.39, 0.29) is 15.9 Å². The molecule has 0 rings (SSSR count). The highest BCUT2D eigenvalue weighted by Crippen LogP contribution is 2.23.